The van der Waals surface area contributed by atoms with Gasteiger partial charge in [0.05, 0.1) is 11.8 Å². The first kappa shape index (κ1) is 18.2. The quantitative estimate of drug-likeness (QED) is 0.819. The van der Waals surface area contributed by atoms with Gasteiger partial charge >= 0.3 is 0 Å². The monoisotopic (exact) mass is 354 g/mol. The van der Waals surface area contributed by atoms with Crippen molar-refractivity contribution in [3.63, 3.8) is 0 Å². The molecule has 2 aliphatic carbocycles. The van der Waals surface area contributed by atoms with E-state index in [2.05, 4.69) is 23.2 Å². The molecular formula is C21H29BNO3. The standard InChI is InChI=1S/C21H29BNO3/c1-13-19-18(10-9-16-8-7-15(22-2)12-23-16)17-6-4-3-5-14(17)11-21(19,25)20(24)26-13/h7-10,12-14,17-20,24-25H,3-6,11H2,1-2H3/b10-9+/t13-,14+,17-,18+,19+,20?,21+/m1/s1. The summed E-state index contributed by atoms with van der Waals surface area (Å²) in [7, 11) is 2.04. The van der Waals surface area contributed by atoms with Crippen LogP contribution in [0.15, 0.2) is 24.4 Å². The third-order valence-corrected chi connectivity index (χ3v) is 6.95. The molecule has 2 heterocycles. The van der Waals surface area contributed by atoms with Crippen molar-refractivity contribution in [2.45, 2.75) is 63.8 Å². The number of aromatic nitrogens is 1. The largest absolute Gasteiger partial charge is 0.384 e. The van der Waals surface area contributed by atoms with Crippen LogP contribution in [0.4, 0.5) is 0 Å². The van der Waals surface area contributed by atoms with E-state index in [0.29, 0.717) is 18.3 Å². The molecule has 5 heteroatoms. The van der Waals surface area contributed by atoms with Crippen molar-refractivity contribution in [2.24, 2.45) is 23.7 Å². The summed E-state index contributed by atoms with van der Waals surface area (Å²) < 4.78 is 5.68. The minimum atomic E-state index is -1.12. The maximum Gasteiger partial charge on any atom is 0.184 e. The van der Waals surface area contributed by atoms with Crippen molar-refractivity contribution in [1.82, 2.24) is 4.98 Å². The van der Waals surface area contributed by atoms with Gasteiger partial charge in [-0.1, -0.05) is 43.7 Å². The van der Waals surface area contributed by atoms with Crippen molar-refractivity contribution in [2.75, 3.05) is 0 Å². The molecule has 1 radical (unpaired) electrons. The van der Waals surface area contributed by atoms with E-state index < -0.39 is 11.9 Å². The van der Waals surface area contributed by atoms with Crippen molar-refractivity contribution in [3.05, 3.63) is 30.1 Å². The van der Waals surface area contributed by atoms with E-state index in [1.54, 1.807) is 0 Å². The second-order valence-electron chi connectivity index (χ2n) is 8.36. The van der Waals surface area contributed by atoms with Gasteiger partial charge < -0.3 is 14.9 Å². The smallest absolute Gasteiger partial charge is 0.184 e. The fraction of sp³-hybridized carbons (Fsp3) is 0.667. The lowest BCUT2D eigenvalue weighted by Crippen LogP contribution is -2.55. The number of ether oxygens (including phenoxy) is 1. The van der Waals surface area contributed by atoms with Crippen molar-refractivity contribution in [3.8, 4) is 0 Å². The number of aliphatic hydroxyl groups is 2. The Hall–Kier alpha value is -1.17. The highest BCUT2D eigenvalue weighted by Gasteiger charge is 2.61. The highest BCUT2D eigenvalue weighted by atomic mass is 16.6. The molecule has 3 fully saturated rings. The van der Waals surface area contributed by atoms with Crippen molar-refractivity contribution in [1.29, 1.82) is 0 Å². The van der Waals surface area contributed by atoms with E-state index in [1.807, 2.05) is 33.3 Å². The minimum absolute atomic E-state index is 0.0589. The molecule has 1 aliphatic heterocycles. The predicted molar refractivity (Wildman–Crippen MR) is 103 cm³/mol. The number of fused-ring (bicyclic) bond motifs is 2. The summed E-state index contributed by atoms with van der Waals surface area (Å²) in [6.45, 7) is 3.99. The number of allylic oxidation sites excluding steroid dienone is 1. The average Bonchev–Trinajstić information content (AvgIpc) is 2.88. The zero-order valence-electron chi connectivity index (χ0n) is 15.7. The lowest BCUT2D eigenvalue weighted by Gasteiger charge is -2.50. The predicted octanol–water partition coefficient (Wildman–Crippen LogP) is 2.38. The summed E-state index contributed by atoms with van der Waals surface area (Å²) in [5.74, 6) is 1.18. The lowest BCUT2D eigenvalue weighted by molar-refractivity contribution is -0.193. The molecule has 0 aromatic carbocycles. The number of nitrogens with zero attached hydrogens (tertiary/aromatic N) is 1. The maximum absolute atomic E-state index is 11.3. The van der Waals surface area contributed by atoms with Crippen molar-refractivity contribution >= 4 is 18.8 Å². The van der Waals surface area contributed by atoms with Crippen LogP contribution in [0.2, 0.25) is 6.82 Å². The number of hydrogen-bond donors (Lipinski definition) is 2. The summed E-state index contributed by atoms with van der Waals surface area (Å²) >= 11 is 0. The highest BCUT2D eigenvalue weighted by Crippen LogP contribution is 2.56. The Bertz CT molecular complexity index is 664. The molecule has 0 amide bonds. The summed E-state index contributed by atoms with van der Waals surface area (Å²) in [6, 6.07) is 4.10. The van der Waals surface area contributed by atoms with Gasteiger partial charge in [-0.05, 0) is 49.7 Å². The van der Waals surface area contributed by atoms with Crippen LogP contribution in [0.5, 0.6) is 0 Å². The summed E-state index contributed by atoms with van der Waals surface area (Å²) in [4.78, 5) is 4.51. The van der Waals surface area contributed by atoms with Crippen LogP contribution in [-0.2, 0) is 4.74 Å². The molecule has 26 heavy (non-hydrogen) atoms. The number of rotatable bonds is 3. The maximum atomic E-state index is 11.3. The summed E-state index contributed by atoms with van der Waals surface area (Å²) in [5, 5.41) is 21.7. The van der Waals surface area contributed by atoms with Gasteiger partial charge in [-0.15, -0.1) is 0 Å². The Morgan fingerprint density at radius 1 is 1.31 bits per heavy atom. The zero-order valence-corrected chi connectivity index (χ0v) is 15.7. The van der Waals surface area contributed by atoms with Gasteiger partial charge in [-0.3, -0.25) is 4.98 Å². The SMILES string of the molecule is C[B]c1ccc(/C=C/[C@H]2[C@@H]3CCCC[C@H]3C[C@@]3(O)C(O)O[C@H](C)[C@@H]23)nc1. The number of hydrogen-bond acceptors (Lipinski definition) is 4. The van der Waals surface area contributed by atoms with Gasteiger partial charge in [0.2, 0.25) is 0 Å². The van der Waals surface area contributed by atoms with E-state index >= 15 is 0 Å². The van der Waals surface area contributed by atoms with E-state index in [0.717, 1.165) is 17.6 Å². The molecule has 139 valence electrons. The van der Waals surface area contributed by atoms with Gasteiger partial charge in [-0.2, -0.15) is 0 Å². The van der Waals surface area contributed by atoms with Crippen LogP contribution in [0.3, 0.4) is 0 Å². The molecule has 4 rings (SSSR count). The lowest BCUT2D eigenvalue weighted by atomic mass is 9.55. The molecule has 2 N–H and O–H groups in total. The number of aliphatic hydroxyl groups excluding tert-OH is 1. The van der Waals surface area contributed by atoms with E-state index in [-0.39, 0.29) is 17.9 Å². The van der Waals surface area contributed by atoms with Gasteiger partial charge in [0.1, 0.15) is 12.9 Å². The van der Waals surface area contributed by atoms with Gasteiger partial charge in [0.25, 0.3) is 0 Å². The molecule has 3 aliphatic rings. The van der Waals surface area contributed by atoms with Gasteiger partial charge in [0, 0.05) is 12.1 Å². The third-order valence-electron chi connectivity index (χ3n) is 6.95. The van der Waals surface area contributed by atoms with Crippen molar-refractivity contribution < 1.29 is 14.9 Å². The zero-order chi connectivity index (χ0) is 18.3. The molecule has 7 atom stereocenters. The van der Waals surface area contributed by atoms with Crippen LogP contribution in [0.25, 0.3) is 6.08 Å². The molecule has 1 aromatic heterocycles. The van der Waals surface area contributed by atoms with Crippen LogP contribution in [0.1, 0.15) is 44.7 Å². The van der Waals surface area contributed by atoms with E-state index in [9.17, 15) is 10.2 Å². The molecule has 4 nitrogen and oxygen atoms in total. The third kappa shape index (κ3) is 3.04. The second kappa shape index (κ2) is 7.10. The van der Waals surface area contributed by atoms with Gasteiger partial charge in [-0.25, -0.2) is 0 Å². The Labute approximate surface area is 156 Å². The van der Waals surface area contributed by atoms with E-state index in [4.69, 9.17) is 4.74 Å². The molecule has 0 spiro atoms. The fourth-order valence-corrected chi connectivity index (χ4v) is 5.70. The first-order chi connectivity index (χ1) is 12.5. The summed E-state index contributed by atoms with van der Waals surface area (Å²) in [5.41, 5.74) is 0.924. The molecule has 1 saturated heterocycles. The average molecular weight is 354 g/mol. The van der Waals surface area contributed by atoms with Crippen LogP contribution in [-0.4, -0.2) is 40.5 Å². The molecule has 2 saturated carbocycles. The number of pyridine rings is 1. The Morgan fingerprint density at radius 2 is 2.12 bits per heavy atom. The Morgan fingerprint density at radius 3 is 2.85 bits per heavy atom. The summed E-state index contributed by atoms with van der Waals surface area (Å²) in [6.07, 6.45) is 10.5. The topological polar surface area (TPSA) is 62.6 Å². The molecule has 1 aromatic rings. The Kier molecular flexibility index (Phi) is 4.97. The normalized spacial score (nSPS) is 42.5. The fourth-order valence-electron chi connectivity index (χ4n) is 5.70. The highest BCUT2D eigenvalue weighted by molar-refractivity contribution is 6.51. The molecule has 0 bridgehead atoms. The minimum Gasteiger partial charge on any atom is -0.384 e. The van der Waals surface area contributed by atoms with Crippen LogP contribution < -0.4 is 5.46 Å². The first-order valence-electron chi connectivity index (χ1n) is 10.0. The molecular weight excluding hydrogens is 325 g/mol. The van der Waals surface area contributed by atoms with Crippen LogP contribution >= 0.6 is 0 Å². The molecule has 1 unspecified atom stereocenters. The Balaban J connectivity index is 1.64. The van der Waals surface area contributed by atoms with Crippen LogP contribution in [0, 0.1) is 23.7 Å². The van der Waals surface area contributed by atoms with Gasteiger partial charge in [0.15, 0.2) is 6.29 Å². The first-order valence-corrected chi connectivity index (χ1v) is 10.0. The second-order valence-corrected chi connectivity index (χ2v) is 8.36. The van der Waals surface area contributed by atoms with E-state index in [1.165, 1.54) is 19.3 Å².